The fourth-order valence-electron chi connectivity index (χ4n) is 1.68. The van der Waals surface area contributed by atoms with E-state index in [0.29, 0.717) is 17.5 Å². The maximum absolute atomic E-state index is 5.66. The van der Waals surface area contributed by atoms with E-state index in [-0.39, 0.29) is 0 Å². The predicted molar refractivity (Wildman–Crippen MR) is 82.7 cm³/mol. The molecule has 21 heavy (non-hydrogen) atoms. The lowest BCUT2D eigenvalue weighted by atomic mass is 10.2. The highest BCUT2D eigenvalue weighted by atomic mass is 32.2. The first-order valence-corrected chi connectivity index (χ1v) is 8.13. The maximum Gasteiger partial charge on any atom is 0.247 e. The van der Waals surface area contributed by atoms with E-state index in [2.05, 4.69) is 15.2 Å². The van der Waals surface area contributed by atoms with E-state index in [4.69, 9.17) is 9.15 Å². The van der Waals surface area contributed by atoms with E-state index >= 15 is 0 Å². The van der Waals surface area contributed by atoms with Gasteiger partial charge in [-0.05, 0) is 31.2 Å². The van der Waals surface area contributed by atoms with Crippen LogP contribution in [0.3, 0.4) is 0 Å². The lowest BCUT2D eigenvalue weighted by Crippen LogP contribution is -1.82. The Morgan fingerprint density at radius 2 is 2.05 bits per heavy atom. The molecule has 0 N–H and O–H groups in total. The first-order chi connectivity index (χ1) is 10.2. The highest BCUT2D eigenvalue weighted by Crippen LogP contribution is 2.27. The second-order valence-electron chi connectivity index (χ2n) is 4.27. The average molecular weight is 319 g/mol. The topological polar surface area (TPSA) is 61.0 Å². The van der Waals surface area contributed by atoms with Gasteiger partial charge in [-0.2, -0.15) is 0 Å². The first-order valence-electron chi connectivity index (χ1n) is 6.26. The summed E-state index contributed by atoms with van der Waals surface area (Å²) in [6, 6.07) is 7.53. The maximum atomic E-state index is 5.66. The fourth-order valence-corrected chi connectivity index (χ4v) is 3.37. The number of thioether (sulfide) groups is 1. The van der Waals surface area contributed by atoms with Crippen LogP contribution in [-0.2, 0) is 5.75 Å². The highest BCUT2D eigenvalue weighted by molar-refractivity contribution is 8.00. The Morgan fingerprint density at radius 1 is 1.24 bits per heavy atom. The number of ether oxygens (including phenoxy) is 1. The molecule has 0 fully saturated rings. The van der Waals surface area contributed by atoms with Gasteiger partial charge >= 0.3 is 0 Å². The Balaban J connectivity index is 1.67. The molecule has 7 heteroatoms. The summed E-state index contributed by atoms with van der Waals surface area (Å²) in [5.41, 5.74) is 1.91. The van der Waals surface area contributed by atoms with Gasteiger partial charge in [-0.3, -0.25) is 0 Å². The number of methoxy groups -OCH3 is 1. The van der Waals surface area contributed by atoms with Gasteiger partial charge in [0.05, 0.1) is 12.9 Å². The van der Waals surface area contributed by atoms with Crippen molar-refractivity contribution < 1.29 is 9.15 Å². The number of rotatable bonds is 5. The molecule has 3 rings (SSSR count). The van der Waals surface area contributed by atoms with Gasteiger partial charge in [0.1, 0.15) is 5.75 Å². The smallest absolute Gasteiger partial charge is 0.247 e. The number of nitrogens with zero attached hydrogens (tertiary/aromatic N) is 3. The molecule has 0 bridgehead atoms. The van der Waals surface area contributed by atoms with Crippen LogP contribution in [0.2, 0.25) is 0 Å². The Kier molecular flexibility index (Phi) is 4.21. The van der Waals surface area contributed by atoms with Gasteiger partial charge in [0.25, 0.3) is 0 Å². The number of hydrogen-bond donors (Lipinski definition) is 0. The predicted octanol–water partition coefficient (Wildman–Crippen LogP) is 3.80. The van der Waals surface area contributed by atoms with E-state index in [1.807, 2.05) is 36.6 Å². The van der Waals surface area contributed by atoms with Crippen LogP contribution < -0.4 is 4.74 Å². The van der Waals surface area contributed by atoms with Crippen molar-refractivity contribution in [2.45, 2.75) is 17.0 Å². The van der Waals surface area contributed by atoms with Crippen LogP contribution in [0.25, 0.3) is 11.5 Å². The molecular weight excluding hydrogens is 306 g/mol. The quantitative estimate of drug-likeness (QED) is 0.667. The minimum absolute atomic E-state index is 0.517. The van der Waals surface area contributed by atoms with Gasteiger partial charge in [-0.15, -0.1) is 21.5 Å². The second kappa shape index (κ2) is 6.28. The van der Waals surface area contributed by atoms with Gasteiger partial charge in [0.2, 0.25) is 11.8 Å². The zero-order chi connectivity index (χ0) is 14.7. The number of aryl methyl sites for hydroxylation is 1. The summed E-state index contributed by atoms with van der Waals surface area (Å²) in [4.78, 5) is 4.39. The molecule has 0 aliphatic carbocycles. The molecule has 0 spiro atoms. The zero-order valence-corrected chi connectivity index (χ0v) is 13.2. The van der Waals surface area contributed by atoms with Crippen molar-refractivity contribution in [2.24, 2.45) is 0 Å². The van der Waals surface area contributed by atoms with Crippen molar-refractivity contribution in [1.29, 1.82) is 0 Å². The van der Waals surface area contributed by atoms with E-state index in [1.165, 1.54) is 0 Å². The van der Waals surface area contributed by atoms with E-state index in [9.17, 15) is 0 Å². The molecule has 108 valence electrons. The summed E-state index contributed by atoms with van der Waals surface area (Å²) < 4.78 is 11.8. The molecule has 0 saturated heterocycles. The average Bonchev–Trinajstić information content (AvgIpc) is 3.14. The minimum Gasteiger partial charge on any atom is -0.497 e. The second-order valence-corrected chi connectivity index (χ2v) is 6.35. The fraction of sp³-hybridized carbons (Fsp3) is 0.214. The Bertz CT molecular complexity index is 722. The molecule has 5 nitrogen and oxygen atoms in total. The SMILES string of the molecule is COc1ccc(-c2nnc(CSc3nc(C)cs3)o2)cc1. The molecule has 2 heterocycles. The lowest BCUT2D eigenvalue weighted by molar-refractivity contribution is 0.415. The zero-order valence-electron chi connectivity index (χ0n) is 11.6. The molecule has 1 aromatic carbocycles. The van der Waals surface area contributed by atoms with Crippen LogP contribution in [0, 0.1) is 6.92 Å². The molecule has 0 aliphatic rings. The molecular formula is C14H13N3O2S2. The Labute approximate surface area is 130 Å². The number of thiazole rings is 1. The summed E-state index contributed by atoms with van der Waals surface area (Å²) in [5, 5.41) is 10.2. The third-order valence-electron chi connectivity index (χ3n) is 2.72. The first kappa shape index (κ1) is 14.1. The van der Waals surface area contributed by atoms with E-state index in [1.54, 1.807) is 30.2 Å². The summed E-state index contributed by atoms with van der Waals surface area (Å²) >= 11 is 3.22. The summed E-state index contributed by atoms with van der Waals surface area (Å²) in [6.45, 7) is 1.98. The number of benzene rings is 1. The molecule has 0 radical (unpaired) electrons. The van der Waals surface area contributed by atoms with Crippen molar-refractivity contribution in [3.8, 4) is 17.2 Å². The van der Waals surface area contributed by atoms with Gasteiger partial charge in [-0.1, -0.05) is 11.8 Å². The Morgan fingerprint density at radius 3 is 2.71 bits per heavy atom. The lowest BCUT2D eigenvalue weighted by Gasteiger charge is -1.99. The van der Waals surface area contributed by atoms with Crippen LogP contribution >= 0.6 is 23.1 Å². The van der Waals surface area contributed by atoms with E-state index in [0.717, 1.165) is 21.3 Å². The van der Waals surface area contributed by atoms with Crippen LogP contribution in [0.4, 0.5) is 0 Å². The molecule has 0 amide bonds. The van der Waals surface area contributed by atoms with Gasteiger partial charge < -0.3 is 9.15 Å². The normalized spacial score (nSPS) is 10.8. The monoisotopic (exact) mass is 319 g/mol. The van der Waals surface area contributed by atoms with Gasteiger partial charge in [-0.25, -0.2) is 4.98 Å². The largest absolute Gasteiger partial charge is 0.497 e. The van der Waals surface area contributed by atoms with Gasteiger partial charge in [0.15, 0.2) is 4.34 Å². The van der Waals surface area contributed by atoms with Crippen molar-refractivity contribution >= 4 is 23.1 Å². The molecule has 0 unspecified atom stereocenters. The summed E-state index contributed by atoms with van der Waals surface area (Å²) in [5.74, 6) is 2.53. The van der Waals surface area contributed by atoms with Crippen LogP contribution in [0.15, 0.2) is 38.4 Å². The van der Waals surface area contributed by atoms with Crippen molar-refractivity contribution in [1.82, 2.24) is 15.2 Å². The van der Waals surface area contributed by atoms with Crippen molar-refractivity contribution in [3.05, 3.63) is 41.2 Å². The summed E-state index contributed by atoms with van der Waals surface area (Å²) in [6.07, 6.45) is 0. The van der Waals surface area contributed by atoms with Crippen LogP contribution in [-0.4, -0.2) is 22.3 Å². The number of aromatic nitrogens is 3. The molecule has 0 saturated carbocycles. The molecule has 0 aliphatic heterocycles. The van der Waals surface area contributed by atoms with Crippen LogP contribution in [0.1, 0.15) is 11.6 Å². The Hall–Kier alpha value is -1.86. The third kappa shape index (κ3) is 3.43. The van der Waals surface area contributed by atoms with Gasteiger partial charge in [0, 0.05) is 16.6 Å². The highest BCUT2D eigenvalue weighted by Gasteiger charge is 2.10. The third-order valence-corrected chi connectivity index (χ3v) is 4.84. The molecule has 2 aromatic heterocycles. The van der Waals surface area contributed by atoms with Crippen molar-refractivity contribution in [3.63, 3.8) is 0 Å². The minimum atomic E-state index is 0.517. The number of hydrogen-bond acceptors (Lipinski definition) is 7. The standard InChI is InChI=1S/C14H13N3O2S2/c1-9-7-20-14(15-9)21-8-12-16-17-13(19-12)10-3-5-11(18-2)6-4-10/h3-7H,8H2,1-2H3. The molecule has 0 atom stereocenters. The van der Waals surface area contributed by atoms with E-state index < -0.39 is 0 Å². The van der Waals surface area contributed by atoms with Crippen LogP contribution in [0.5, 0.6) is 5.75 Å². The van der Waals surface area contributed by atoms with Crippen molar-refractivity contribution in [2.75, 3.05) is 7.11 Å². The molecule has 3 aromatic rings. The summed E-state index contributed by atoms with van der Waals surface area (Å²) in [7, 11) is 1.64.